The fraction of sp³-hybridized carbons (Fsp3) is 0.333. The predicted molar refractivity (Wildman–Crippen MR) is 69.5 cm³/mol. The molecule has 0 saturated heterocycles. The van der Waals surface area contributed by atoms with Gasteiger partial charge in [0, 0.05) is 12.0 Å². The molecule has 2 rings (SSSR count). The standard InChI is InChI=1S/C12H16N4O2/c1-12(2,6-14-10(13)17)7-3-4-8-9(5-7)16-11(18)15-8/h3-5H,6H2,1-2H3,(H3,13,14,17)(H2,15,16,18). The zero-order valence-electron chi connectivity index (χ0n) is 10.3. The van der Waals surface area contributed by atoms with E-state index in [-0.39, 0.29) is 11.1 Å². The fourth-order valence-electron chi connectivity index (χ4n) is 1.86. The Balaban J connectivity index is 2.34. The summed E-state index contributed by atoms with van der Waals surface area (Å²) < 4.78 is 0. The van der Waals surface area contributed by atoms with Gasteiger partial charge in [0.05, 0.1) is 11.0 Å². The fourth-order valence-corrected chi connectivity index (χ4v) is 1.86. The van der Waals surface area contributed by atoms with Crippen LogP contribution in [0.5, 0.6) is 0 Å². The van der Waals surface area contributed by atoms with Crippen molar-refractivity contribution in [2.24, 2.45) is 5.73 Å². The molecule has 6 heteroatoms. The molecule has 1 aromatic heterocycles. The van der Waals surface area contributed by atoms with Crippen LogP contribution in [0.3, 0.4) is 0 Å². The third-order valence-corrected chi connectivity index (χ3v) is 3.00. The Morgan fingerprint density at radius 2 is 2.00 bits per heavy atom. The third-order valence-electron chi connectivity index (χ3n) is 3.00. The van der Waals surface area contributed by atoms with Gasteiger partial charge in [0.2, 0.25) is 0 Å². The number of imidazole rings is 1. The number of rotatable bonds is 3. The number of H-pyrrole nitrogens is 2. The highest BCUT2D eigenvalue weighted by Crippen LogP contribution is 2.24. The monoisotopic (exact) mass is 248 g/mol. The molecule has 0 bridgehead atoms. The molecule has 0 aliphatic carbocycles. The maximum atomic E-state index is 11.2. The van der Waals surface area contributed by atoms with Gasteiger partial charge in [-0.15, -0.1) is 0 Å². The topological polar surface area (TPSA) is 104 Å². The summed E-state index contributed by atoms with van der Waals surface area (Å²) in [6, 6.07) is 5.12. The number of primary amides is 1. The van der Waals surface area contributed by atoms with Gasteiger partial charge in [0.15, 0.2) is 0 Å². The zero-order chi connectivity index (χ0) is 13.3. The highest BCUT2D eigenvalue weighted by molar-refractivity contribution is 5.75. The molecule has 0 saturated carbocycles. The second-order valence-electron chi connectivity index (χ2n) is 4.94. The second kappa shape index (κ2) is 4.21. The van der Waals surface area contributed by atoms with Gasteiger partial charge < -0.3 is 21.0 Å². The van der Waals surface area contributed by atoms with Gasteiger partial charge in [-0.05, 0) is 17.7 Å². The van der Waals surface area contributed by atoms with Gasteiger partial charge >= 0.3 is 11.7 Å². The number of urea groups is 1. The van der Waals surface area contributed by atoms with Crippen LogP contribution in [-0.4, -0.2) is 22.5 Å². The molecule has 1 aromatic carbocycles. The first-order valence-corrected chi connectivity index (χ1v) is 5.64. The van der Waals surface area contributed by atoms with E-state index in [0.29, 0.717) is 6.54 Å². The van der Waals surface area contributed by atoms with Gasteiger partial charge in [-0.1, -0.05) is 19.9 Å². The van der Waals surface area contributed by atoms with Crippen molar-refractivity contribution < 1.29 is 4.79 Å². The molecule has 18 heavy (non-hydrogen) atoms. The lowest BCUT2D eigenvalue weighted by Crippen LogP contribution is -2.39. The summed E-state index contributed by atoms with van der Waals surface area (Å²) in [7, 11) is 0. The van der Waals surface area contributed by atoms with E-state index in [1.165, 1.54) is 0 Å². The first-order valence-electron chi connectivity index (χ1n) is 5.64. The number of fused-ring (bicyclic) bond motifs is 1. The van der Waals surface area contributed by atoms with Gasteiger partial charge in [-0.3, -0.25) is 0 Å². The molecule has 0 aliphatic heterocycles. The minimum Gasteiger partial charge on any atom is -0.352 e. The molecular formula is C12H16N4O2. The van der Waals surface area contributed by atoms with E-state index in [2.05, 4.69) is 15.3 Å². The summed E-state index contributed by atoms with van der Waals surface area (Å²) in [6.45, 7) is 4.42. The molecule has 0 fully saturated rings. The Morgan fingerprint density at radius 1 is 1.33 bits per heavy atom. The summed E-state index contributed by atoms with van der Waals surface area (Å²) >= 11 is 0. The average molecular weight is 248 g/mol. The molecule has 2 amide bonds. The van der Waals surface area contributed by atoms with Crippen molar-refractivity contribution in [3.63, 3.8) is 0 Å². The minimum atomic E-state index is -0.542. The minimum absolute atomic E-state index is 0.227. The SMILES string of the molecule is CC(C)(CNC(N)=O)c1ccc2[nH]c(=O)[nH]c2c1. The first kappa shape index (κ1) is 12.2. The Labute approximate surface area is 104 Å². The van der Waals surface area contributed by atoms with Crippen molar-refractivity contribution in [2.75, 3.05) is 6.54 Å². The van der Waals surface area contributed by atoms with Crippen molar-refractivity contribution in [2.45, 2.75) is 19.3 Å². The highest BCUT2D eigenvalue weighted by Gasteiger charge is 2.21. The molecule has 0 atom stereocenters. The summed E-state index contributed by atoms with van der Waals surface area (Å²) in [4.78, 5) is 27.3. The van der Waals surface area contributed by atoms with E-state index in [1.54, 1.807) is 0 Å². The highest BCUT2D eigenvalue weighted by atomic mass is 16.2. The molecule has 6 nitrogen and oxygen atoms in total. The molecule has 0 spiro atoms. The van der Waals surface area contributed by atoms with Crippen LogP contribution in [-0.2, 0) is 5.41 Å². The van der Waals surface area contributed by atoms with Crippen LogP contribution in [0, 0.1) is 0 Å². The number of hydrogen-bond acceptors (Lipinski definition) is 2. The molecule has 2 aromatic rings. The van der Waals surface area contributed by atoms with Gasteiger partial charge in [0.1, 0.15) is 0 Å². The molecule has 0 aliphatic rings. The third kappa shape index (κ3) is 2.37. The quantitative estimate of drug-likeness (QED) is 0.645. The van der Waals surface area contributed by atoms with Crippen molar-refractivity contribution >= 4 is 17.1 Å². The lowest BCUT2D eigenvalue weighted by molar-refractivity contribution is 0.246. The van der Waals surface area contributed by atoms with Crippen LogP contribution in [0.1, 0.15) is 19.4 Å². The Morgan fingerprint density at radius 3 is 2.67 bits per heavy atom. The number of carbonyl (C=O) groups is 1. The molecule has 5 N–H and O–H groups in total. The van der Waals surface area contributed by atoms with E-state index in [1.807, 2.05) is 32.0 Å². The Bertz CT molecular complexity index is 639. The summed E-state index contributed by atoms with van der Waals surface area (Å²) in [5.41, 5.74) is 7.11. The Hall–Kier alpha value is -2.24. The normalized spacial score (nSPS) is 11.7. The first-order chi connectivity index (χ1) is 8.38. The summed E-state index contributed by atoms with van der Waals surface area (Å²) in [6.07, 6.45) is 0. The van der Waals surface area contributed by atoms with Crippen LogP contribution in [0.25, 0.3) is 11.0 Å². The Kier molecular flexibility index (Phi) is 2.86. The molecule has 96 valence electrons. The molecule has 0 radical (unpaired) electrons. The number of benzene rings is 1. The van der Waals surface area contributed by atoms with Crippen molar-refractivity contribution in [1.82, 2.24) is 15.3 Å². The summed E-state index contributed by atoms with van der Waals surface area (Å²) in [5.74, 6) is 0. The van der Waals surface area contributed by atoms with E-state index < -0.39 is 6.03 Å². The van der Waals surface area contributed by atoms with E-state index in [9.17, 15) is 9.59 Å². The number of nitrogens with one attached hydrogen (secondary N) is 3. The number of aromatic nitrogens is 2. The lowest BCUT2D eigenvalue weighted by Gasteiger charge is -2.25. The van der Waals surface area contributed by atoms with E-state index in [4.69, 9.17) is 5.73 Å². The van der Waals surface area contributed by atoms with Crippen LogP contribution >= 0.6 is 0 Å². The van der Waals surface area contributed by atoms with Crippen molar-refractivity contribution in [1.29, 1.82) is 0 Å². The molecule has 0 unspecified atom stereocenters. The number of hydrogen-bond donors (Lipinski definition) is 4. The average Bonchev–Trinajstić information content (AvgIpc) is 2.65. The largest absolute Gasteiger partial charge is 0.352 e. The summed E-state index contributed by atoms with van der Waals surface area (Å²) in [5, 5.41) is 2.60. The zero-order valence-corrected chi connectivity index (χ0v) is 10.3. The van der Waals surface area contributed by atoms with Crippen molar-refractivity contribution in [3.8, 4) is 0 Å². The van der Waals surface area contributed by atoms with Gasteiger partial charge in [-0.25, -0.2) is 9.59 Å². The predicted octanol–water partition coefficient (Wildman–Crippen LogP) is 0.802. The second-order valence-corrected chi connectivity index (χ2v) is 4.94. The van der Waals surface area contributed by atoms with Gasteiger partial charge in [-0.2, -0.15) is 0 Å². The molecule has 1 heterocycles. The van der Waals surface area contributed by atoms with Gasteiger partial charge in [0.25, 0.3) is 0 Å². The van der Waals surface area contributed by atoms with Crippen LogP contribution in [0.15, 0.2) is 23.0 Å². The number of nitrogens with two attached hydrogens (primary N) is 1. The van der Waals surface area contributed by atoms with Crippen molar-refractivity contribution in [3.05, 3.63) is 34.2 Å². The maximum absolute atomic E-state index is 11.2. The maximum Gasteiger partial charge on any atom is 0.323 e. The molecular weight excluding hydrogens is 232 g/mol. The smallest absolute Gasteiger partial charge is 0.323 e. The van der Waals surface area contributed by atoms with Crippen LogP contribution < -0.4 is 16.7 Å². The van der Waals surface area contributed by atoms with E-state index in [0.717, 1.165) is 16.6 Å². The van der Waals surface area contributed by atoms with Crippen LogP contribution in [0.4, 0.5) is 4.79 Å². The van der Waals surface area contributed by atoms with Crippen LogP contribution in [0.2, 0.25) is 0 Å². The number of aromatic amines is 2. The van der Waals surface area contributed by atoms with E-state index >= 15 is 0 Å². The number of carbonyl (C=O) groups excluding carboxylic acids is 1. The lowest BCUT2D eigenvalue weighted by atomic mass is 9.84. The number of amides is 2.